The molecule has 4 heteroatoms. The molecule has 1 aromatic rings. The number of halogens is 1. The number of benzene rings is 1. The second kappa shape index (κ2) is 5.48. The van der Waals surface area contributed by atoms with Gasteiger partial charge in [-0.25, -0.2) is 0 Å². The predicted molar refractivity (Wildman–Crippen MR) is 70.8 cm³/mol. The molecule has 1 aliphatic heterocycles. The summed E-state index contributed by atoms with van der Waals surface area (Å²) < 4.78 is 6.85. The minimum absolute atomic E-state index is 0.143. The van der Waals surface area contributed by atoms with Gasteiger partial charge in [0, 0.05) is 11.0 Å². The van der Waals surface area contributed by atoms with Crippen LogP contribution < -0.4 is 5.32 Å². The van der Waals surface area contributed by atoms with Crippen molar-refractivity contribution in [3.05, 3.63) is 34.3 Å². The summed E-state index contributed by atoms with van der Waals surface area (Å²) in [5.41, 5.74) is 0.387. The van der Waals surface area contributed by atoms with Crippen LogP contribution in [0.1, 0.15) is 18.9 Å². The predicted octanol–water partition coefficient (Wildman–Crippen LogP) is 2.08. The number of hydrogen-bond acceptors (Lipinski definition) is 3. The van der Waals surface area contributed by atoms with Crippen molar-refractivity contribution in [1.82, 2.24) is 5.32 Å². The number of nitrogens with one attached hydrogen (secondary N) is 1. The Bertz CT molecular complexity index is 381. The van der Waals surface area contributed by atoms with Crippen LogP contribution in [0.25, 0.3) is 0 Å². The molecule has 17 heavy (non-hydrogen) atoms. The zero-order valence-electron chi connectivity index (χ0n) is 9.95. The van der Waals surface area contributed by atoms with Gasteiger partial charge in [-0.2, -0.15) is 0 Å². The number of hydrogen-bond donors (Lipinski definition) is 2. The fourth-order valence-electron chi connectivity index (χ4n) is 2.02. The van der Waals surface area contributed by atoms with E-state index in [1.54, 1.807) is 0 Å². The van der Waals surface area contributed by atoms with Gasteiger partial charge >= 0.3 is 0 Å². The van der Waals surface area contributed by atoms with E-state index >= 15 is 0 Å². The van der Waals surface area contributed by atoms with Crippen molar-refractivity contribution in [3.63, 3.8) is 0 Å². The third-order valence-electron chi connectivity index (χ3n) is 3.17. The summed E-state index contributed by atoms with van der Waals surface area (Å²) in [4.78, 5) is 0. The van der Waals surface area contributed by atoms with Crippen molar-refractivity contribution in [3.8, 4) is 0 Å². The summed E-state index contributed by atoms with van der Waals surface area (Å²) in [6, 6.07) is 8.03. The maximum absolute atomic E-state index is 10.2. The van der Waals surface area contributed by atoms with Crippen molar-refractivity contribution in [1.29, 1.82) is 0 Å². The topological polar surface area (TPSA) is 41.5 Å². The minimum atomic E-state index is -0.725. The Kier molecular flexibility index (Phi) is 4.20. The van der Waals surface area contributed by atoms with Crippen LogP contribution in [0.3, 0.4) is 0 Å². The SMILES string of the molecule is CC1(O)CCNCC1OCc1cccc(Br)c1. The fraction of sp³-hybridized carbons (Fsp3) is 0.538. The van der Waals surface area contributed by atoms with Gasteiger partial charge in [0.1, 0.15) is 0 Å². The van der Waals surface area contributed by atoms with Gasteiger partial charge in [0.05, 0.1) is 18.3 Å². The Labute approximate surface area is 110 Å². The lowest BCUT2D eigenvalue weighted by molar-refractivity contribution is -0.118. The molecular formula is C13H18BrNO2. The zero-order valence-corrected chi connectivity index (χ0v) is 11.5. The van der Waals surface area contributed by atoms with Crippen LogP contribution in [-0.4, -0.2) is 29.9 Å². The van der Waals surface area contributed by atoms with E-state index in [1.807, 2.05) is 31.2 Å². The summed E-state index contributed by atoms with van der Waals surface area (Å²) in [7, 11) is 0. The van der Waals surface area contributed by atoms with Gasteiger partial charge in [-0.15, -0.1) is 0 Å². The van der Waals surface area contributed by atoms with Gasteiger partial charge in [-0.05, 0) is 37.6 Å². The van der Waals surface area contributed by atoms with Crippen molar-refractivity contribution in [2.45, 2.75) is 31.7 Å². The van der Waals surface area contributed by atoms with Crippen LogP contribution in [-0.2, 0) is 11.3 Å². The van der Waals surface area contributed by atoms with Crippen molar-refractivity contribution >= 4 is 15.9 Å². The number of piperidine rings is 1. The maximum atomic E-state index is 10.2. The van der Waals surface area contributed by atoms with Crippen LogP contribution in [0.2, 0.25) is 0 Å². The molecule has 0 amide bonds. The van der Waals surface area contributed by atoms with Crippen LogP contribution in [0.5, 0.6) is 0 Å². The van der Waals surface area contributed by atoms with E-state index in [9.17, 15) is 5.11 Å². The third-order valence-corrected chi connectivity index (χ3v) is 3.66. The highest BCUT2D eigenvalue weighted by atomic mass is 79.9. The molecule has 0 radical (unpaired) electrons. The average Bonchev–Trinajstić information content (AvgIpc) is 2.27. The van der Waals surface area contributed by atoms with Gasteiger partial charge in [0.15, 0.2) is 0 Å². The minimum Gasteiger partial charge on any atom is -0.387 e. The fourth-order valence-corrected chi connectivity index (χ4v) is 2.46. The first-order valence-electron chi connectivity index (χ1n) is 5.87. The molecule has 2 N–H and O–H groups in total. The van der Waals surface area contributed by atoms with Crippen LogP contribution in [0.4, 0.5) is 0 Å². The molecule has 1 fully saturated rings. The molecule has 0 aromatic heterocycles. The lowest BCUT2D eigenvalue weighted by atomic mass is 9.92. The van der Waals surface area contributed by atoms with Crippen LogP contribution in [0.15, 0.2) is 28.7 Å². The lowest BCUT2D eigenvalue weighted by Gasteiger charge is -2.37. The normalized spacial score (nSPS) is 29.2. The van der Waals surface area contributed by atoms with Gasteiger partial charge in [-0.1, -0.05) is 28.1 Å². The van der Waals surface area contributed by atoms with E-state index in [1.165, 1.54) is 0 Å². The molecule has 3 nitrogen and oxygen atoms in total. The molecule has 1 saturated heterocycles. The van der Waals surface area contributed by atoms with Crippen molar-refractivity contribution in [2.75, 3.05) is 13.1 Å². The second-order valence-corrected chi connectivity index (χ2v) is 5.66. The van der Waals surface area contributed by atoms with Gasteiger partial charge in [-0.3, -0.25) is 0 Å². The molecule has 1 aliphatic rings. The highest BCUT2D eigenvalue weighted by Gasteiger charge is 2.35. The van der Waals surface area contributed by atoms with Gasteiger partial charge in [0.2, 0.25) is 0 Å². The van der Waals surface area contributed by atoms with Crippen molar-refractivity contribution in [2.24, 2.45) is 0 Å². The summed E-state index contributed by atoms with van der Waals surface area (Å²) in [5, 5.41) is 13.4. The van der Waals surface area contributed by atoms with Crippen LogP contribution >= 0.6 is 15.9 Å². The molecule has 2 rings (SSSR count). The quantitative estimate of drug-likeness (QED) is 0.898. The Morgan fingerprint density at radius 3 is 3.12 bits per heavy atom. The summed E-state index contributed by atoms with van der Waals surface area (Å²) in [5.74, 6) is 0. The molecule has 0 spiro atoms. The Morgan fingerprint density at radius 1 is 1.59 bits per heavy atom. The molecule has 0 bridgehead atoms. The number of aliphatic hydroxyl groups is 1. The largest absolute Gasteiger partial charge is 0.387 e. The first-order valence-corrected chi connectivity index (χ1v) is 6.66. The Hall–Kier alpha value is -0.420. The average molecular weight is 300 g/mol. The standard InChI is InChI=1S/C13H18BrNO2/c1-13(16)5-6-15-8-12(13)17-9-10-3-2-4-11(14)7-10/h2-4,7,12,15-16H,5-6,8-9H2,1H3. The summed E-state index contributed by atoms with van der Waals surface area (Å²) in [6.07, 6.45) is 0.589. The van der Waals surface area contributed by atoms with E-state index in [0.717, 1.165) is 23.0 Å². The van der Waals surface area contributed by atoms with E-state index in [2.05, 4.69) is 21.2 Å². The molecule has 0 aliphatic carbocycles. The van der Waals surface area contributed by atoms with Gasteiger partial charge in [0.25, 0.3) is 0 Å². The third kappa shape index (κ3) is 3.52. The monoisotopic (exact) mass is 299 g/mol. The smallest absolute Gasteiger partial charge is 0.0988 e. The second-order valence-electron chi connectivity index (χ2n) is 4.74. The summed E-state index contributed by atoms with van der Waals surface area (Å²) in [6.45, 7) is 3.94. The molecule has 1 heterocycles. The van der Waals surface area contributed by atoms with Crippen LogP contribution in [0, 0.1) is 0 Å². The molecule has 94 valence electrons. The van der Waals surface area contributed by atoms with E-state index in [-0.39, 0.29) is 6.10 Å². The highest BCUT2D eigenvalue weighted by molar-refractivity contribution is 9.10. The molecule has 2 unspecified atom stereocenters. The number of ether oxygens (including phenoxy) is 1. The van der Waals surface area contributed by atoms with Crippen molar-refractivity contribution < 1.29 is 9.84 Å². The number of rotatable bonds is 3. The maximum Gasteiger partial charge on any atom is 0.0988 e. The van der Waals surface area contributed by atoms with E-state index in [0.29, 0.717) is 13.2 Å². The van der Waals surface area contributed by atoms with Gasteiger partial charge < -0.3 is 15.2 Å². The molecular weight excluding hydrogens is 282 g/mol. The summed E-state index contributed by atoms with van der Waals surface area (Å²) >= 11 is 3.43. The Morgan fingerprint density at radius 2 is 2.41 bits per heavy atom. The lowest BCUT2D eigenvalue weighted by Crippen LogP contribution is -2.53. The van der Waals surface area contributed by atoms with E-state index in [4.69, 9.17) is 4.74 Å². The first kappa shape index (κ1) is 13.0. The Balaban J connectivity index is 1.93. The van der Waals surface area contributed by atoms with E-state index < -0.39 is 5.60 Å². The molecule has 1 aromatic carbocycles. The molecule has 2 atom stereocenters. The zero-order chi connectivity index (χ0) is 12.3. The first-order chi connectivity index (χ1) is 8.08. The highest BCUT2D eigenvalue weighted by Crippen LogP contribution is 2.22. The molecule has 0 saturated carbocycles.